The molecule has 0 radical (unpaired) electrons. The van der Waals surface area contributed by atoms with Gasteiger partial charge in [-0.2, -0.15) is 0 Å². The lowest BCUT2D eigenvalue weighted by molar-refractivity contribution is 0.162. The lowest BCUT2D eigenvalue weighted by Crippen LogP contribution is -2.45. The highest BCUT2D eigenvalue weighted by molar-refractivity contribution is 5.85. The summed E-state index contributed by atoms with van der Waals surface area (Å²) >= 11 is 0. The van der Waals surface area contributed by atoms with Crippen molar-refractivity contribution in [2.24, 2.45) is 0 Å². The van der Waals surface area contributed by atoms with E-state index in [0.717, 1.165) is 25.4 Å². The van der Waals surface area contributed by atoms with Crippen molar-refractivity contribution in [3.63, 3.8) is 0 Å². The van der Waals surface area contributed by atoms with Gasteiger partial charge in [-0.05, 0) is 49.3 Å². The van der Waals surface area contributed by atoms with Crippen LogP contribution in [0.25, 0.3) is 10.8 Å². The van der Waals surface area contributed by atoms with Gasteiger partial charge in [0, 0.05) is 19.1 Å². The molecule has 1 saturated heterocycles. The van der Waals surface area contributed by atoms with E-state index in [-0.39, 0.29) is 12.4 Å². The Kier molecular flexibility index (Phi) is 6.49. The average Bonchev–Trinajstić information content (AvgIpc) is 2.55. The van der Waals surface area contributed by atoms with Gasteiger partial charge in [-0.25, -0.2) is 0 Å². The van der Waals surface area contributed by atoms with Gasteiger partial charge in [-0.1, -0.05) is 30.3 Å². The minimum Gasteiger partial charge on any atom is -0.492 e. The Balaban J connectivity index is 0.00000176. The summed E-state index contributed by atoms with van der Waals surface area (Å²) in [6.07, 6.45) is 2.57. The van der Waals surface area contributed by atoms with Crippen LogP contribution in [0.4, 0.5) is 0 Å². The second kappa shape index (κ2) is 8.37. The van der Waals surface area contributed by atoms with Crippen molar-refractivity contribution < 1.29 is 4.74 Å². The van der Waals surface area contributed by atoms with E-state index in [1.807, 2.05) is 0 Å². The minimum absolute atomic E-state index is 0. The third-order valence-electron chi connectivity index (χ3n) is 4.31. The van der Waals surface area contributed by atoms with Crippen molar-refractivity contribution in [2.45, 2.75) is 18.9 Å². The van der Waals surface area contributed by atoms with Crippen LogP contribution in [0.15, 0.2) is 42.5 Å². The smallest absolute Gasteiger partial charge is 0.120 e. The van der Waals surface area contributed by atoms with E-state index in [2.05, 4.69) is 59.7 Å². The predicted molar refractivity (Wildman–Crippen MR) is 95.2 cm³/mol. The van der Waals surface area contributed by atoms with E-state index in [9.17, 15) is 0 Å². The summed E-state index contributed by atoms with van der Waals surface area (Å²) in [5, 5.41) is 5.88. The summed E-state index contributed by atoms with van der Waals surface area (Å²) in [4.78, 5) is 2.49. The van der Waals surface area contributed by atoms with Gasteiger partial charge in [-0.3, -0.25) is 4.90 Å². The third-order valence-corrected chi connectivity index (χ3v) is 4.31. The Morgan fingerprint density at radius 1 is 1.18 bits per heavy atom. The number of likely N-dealkylation sites (N-methyl/N-ethyl adjacent to an activating group) is 1. The molecule has 0 saturated carbocycles. The second-order valence-corrected chi connectivity index (χ2v) is 5.79. The first-order chi connectivity index (χ1) is 10.3. The van der Waals surface area contributed by atoms with Crippen LogP contribution in [0, 0.1) is 0 Å². The number of benzene rings is 2. The number of nitrogens with zero attached hydrogens (tertiary/aromatic N) is 1. The average molecular weight is 321 g/mol. The highest BCUT2D eigenvalue weighted by atomic mass is 35.5. The van der Waals surface area contributed by atoms with Gasteiger partial charge in [0.25, 0.3) is 0 Å². The number of ether oxygens (including phenoxy) is 1. The van der Waals surface area contributed by atoms with E-state index in [4.69, 9.17) is 4.74 Å². The Bertz CT molecular complexity index is 590. The summed E-state index contributed by atoms with van der Waals surface area (Å²) in [6.45, 7) is 4.09. The summed E-state index contributed by atoms with van der Waals surface area (Å²) in [5.74, 6) is 0.968. The lowest BCUT2D eigenvalue weighted by atomic mass is 10.1. The van der Waals surface area contributed by atoms with Crippen molar-refractivity contribution in [2.75, 3.05) is 33.3 Å². The Hall–Kier alpha value is -1.29. The number of halogens is 1. The van der Waals surface area contributed by atoms with Crippen molar-refractivity contribution in [1.29, 1.82) is 0 Å². The quantitative estimate of drug-likeness (QED) is 0.914. The molecule has 3 nitrogen and oxygen atoms in total. The van der Waals surface area contributed by atoms with Gasteiger partial charge in [0.2, 0.25) is 0 Å². The number of hydrogen-bond donors (Lipinski definition) is 1. The summed E-state index contributed by atoms with van der Waals surface area (Å²) in [7, 11) is 2.06. The minimum atomic E-state index is 0. The van der Waals surface area contributed by atoms with E-state index in [0.29, 0.717) is 6.04 Å². The monoisotopic (exact) mass is 320 g/mol. The SMILES string of the molecule is CNC1CCCN(CCOc2ccc3ccccc3c2)C1.Cl. The number of likely N-dealkylation sites (tertiary alicyclic amines) is 1. The van der Waals surface area contributed by atoms with E-state index < -0.39 is 0 Å². The van der Waals surface area contributed by atoms with Gasteiger partial charge in [0.05, 0.1) is 0 Å². The largest absolute Gasteiger partial charge is 0.492 e. The van der Waals surface area contributed by atoms with Crippen LogP contribution in [0.5, 0.6) is 5.75 Å². The normalized spacial score (nSPS) is 18.9. The van der Waals surface area contributed by atoms with Gasteiger partial charge in [0.1, 0.15) is 12.4 Å². The zero-order chi connectivity index (χ0) is 14.5. The van der Waals surface area contributed by atoms with Gasteiger partial charge in [0.15, 0.2) is 0 Å². The molecule has 1 N–H and O–H groups in total. The molecule has 1 unspecified atom stereocenters. The molecule has 0 amide bonds. The molecule has 0 aliphatic carbocycles. The van der Waals surface area contributed by atoms with Crippen LogP contribution < -0.4 is 10.1 Å². The van der Waals surface area contributed by atoms with E-state index >= 15 is 0 Å². The topological polar surface area (TPSA) is 24.5 Å². The van der Waals surface area contributed by atoms with Gasteiger partial charge in [-0.15, -0.1) is 12.4 Å². The van der Waals surface area contributed by atoms with E-state index in [1.54, 1.807) is 0 Å². The summed E-state index contributed by atoms with van der Waals surface area (Å²) < 4.78 is 5.92. The van der Waals surface area contributed by atoms with Crippen molar-refractivity contribution in [1.82, 2.24) is 10.2 Å². The predicted octanol–water partition coefficient (Wildman–Crippen LogP) is 3.32. The van der Waals surface area contributed by atoms with Gasteiger partial charge < -0.3 is 10.1 Å². The maximum absolute atomic E-state index is 5.92. The molecular weight excluding hydrogens is 296 g/mol. The molecule has 2 aromatic carbocycles. The fourth-order valence-electron chi connectivity index (χ4n) is 3.04. The molecule has 1 fully saturated rings. The first-order valence-electron chi connectivity index (χ1n) is 7.86. The first kappa shape index (κ1) is 17.1. The third kappa shape index (κ3) is 4.35. The number of hydrogen-bond acceptors (Lipinski definition) is 3. The highest BCUT2D eigenvalue weighted by Gasteiger charge is 2.17. The Labute approximate surface area is 139 Å². The molecule has 2 aromatic rings. The van der Waals surface area contributed by atoms with Crippen LogP contribution in [-0.4, -0.2) is 44.2 Å². The fourth-order valence-corrected chi connectivity index (χ4v) is 3.04. The molecule has 3 rings (SSSR count). The van der Waals surface area contributed by atoms with Crippen molar-refractivity contribution >= 4 is 23.2 Å². The molecule has 1 heterocycles. The molecule has 22 heavy (non-hydrogen) atoms. The maximum Gasteiger partial charge on any atom is 0.120 e. The molecule has 1 atom stereocenters. The number of rotatable bonds is 5. The van der Waals surface area contributed by atoms with Crippen LogP contribution in [-0.2, 0) is 0 Å². The number of nitrogens with one attached hydrogen (secondary N) is 1. The lowest BCUT2D eigenvalue weighted by Gasteiger charge is -2.32. The first-order valence-corrected chi connectivity index (χ1v) is 7.86. The van der Waals surface area contributed by atoms with E-state index in [1.165, 1.54) is 30.2 Å². The molecular formula is C18H25ClN2O. The zero-order valence-corrected chi connectivity index (χ0v) is 13.9. The Morgan fingerprint density at radius 3 is 2.82 bits per heavy atom. The van der Waals surface area contributed by atoms with Gasteiger partial charge >= 0.3 is 0 Å². The number of fused-ring (bicyclic) bond motifs is 1. The maximum atomic E-state index is 5.92. The summed E-state index contributed by atoms with van der Waals surface area (Å²) in [6, 6.07) is 15.4. The van der Waals surface area contributed by atoms with Crippen molar-refractivity contribution in [3.8, 4) is 5.75 Å². The summed E-state index contributed by atoms with van der Waals surface area (Å²) in [5.41, 5.74) is 0. The van der Waals surface area contributed by atoms with Crippen LogP contribution in [0.2, 0.25) is 0 Å². The molecule has 1 aliphatic heterocycles. The fraction of sp³-hybridized carbons (Fsp3) is 0.444. The highest BCUT2D eigenvalue weighted by Crippen LogP contribution is 2.20. The standard InChI is InChI=1S/C18H24N2O.ClH/c1-19-17-7-4-10-20(14-17)11-12-21-18-9-8-15-5-2-3-6-16(15)13-18;/h2-3,5-6,8-9,13,17,19H,4,7,10-12,14H2,1H3;1H. The van der Waals surface area contributed by atoms with Crippen LogP contribution in [0.1, 0.15) is 12.8 Å². The van der Waals surface area contributed by atoms with Crippen LogP contribution >= 0.6 is 12.4 Å². The molecule has 120 valence electrons. The second-order valence-electron chi connectivity index (χ2n) is 5.79. The molecule has 0 bridgehead atoms. The van der Waals surface area contributed by atoms with Crippen LogP contribution in [0.3, 0.4) is 0 Å². The molecule has 0 aromatic heterocycles. The molecule has 0 spiro atoms. The number of piperidine rings is 1. The van der Waals surface area contributed by atoms with Crippen molar-refractivity contribution in [3.05, 3.63) is 42.5 Å². The Morgan fingerprint density at radius 2 is 2.00 bits per heavy atom. The molecule has 1 aliphatic rings. The molecule has 4 heteroatoms. The zero-order valence-electron chi connectivity index (χ0n) is 13.1.